The van der Waals surface area contributed by atoms with Gasteiger partial charge in [-0.1, -0.05) is 12.8 Å². The molecule has 7 nitrogen and oxygen atoms in total. The molecule has 1 atom stereocenters. The predicted molar refractivity (Wildman–Crippen MR) is 101 cm³/mol. The summed E-state index contributed by atoms with van der Waals surface area (Å²) in [5.41, 5.74) is 0.909. The van der Waals surface area contributed by atoms with Gasteiger partial charge < -0.3 is 10.6 Å². The SMILES string of the molecule is CC(=O)NS(=O)(=O)c1ccc(NC(=O)NC23CC4CCCC(C4)(C2)C3)cc1. The van der Waals surface area contributed by atoms with Crippen LogP contribution >= 0.6 is 0 Å². The van der Waals surface area contributed by atoms with Crippen molar-refractivity contribution in [1.29, 1.82) is 0 Å². The van der Waals surface area contributed by atoms with Gasteiger partial charge in [0.25, 0.3) is 10.0 Å². The van der Waals surface area contributed by atoms with Gasteiger partial charge in [-0.25, -0.2) is 17.9 Å². The molecule has 146 valence electrons. The first-order valence-corrected chi connectivity index (χ1v) is 10.9. The number of amides is 3. The molecule has 0 aliphatic heterocycles. The van der Waals surface area contributed by atoms with Gasteiger partial charge >= 0.3 is 6.03 Å². The molecule has 4 saturated carbocycles. The van der Waals surface area contributed by atoms with Crippen molar-refractivity contribution in [2.75, 3.05) is 5.32 Å². The summed E-state index contributed by atoms with van der Waals surface area (Å²) in [6.07, 6.45) is 8.44. The average molecular weight is 391 g/mol. The van der Waals surface area contributed by atoms with Crippen LogP contribution in [0.15, 0.2) is 29.2 Å². The highest BCUT2D eigenvalue weighted by atomic mass is 32.2. The third-order valence-electron chi connectivity index (χ3n) is 6.23. The third kappa shape index (κ3) is 3.54. The van der Waals surface area contributed by atoms with Crippen LogP contribution in [0.2, 0.25) is 0 Å². The first-order valence-electron chi connectivity index (χ1n) is 9.42. The minimum Gasteiger partial charge on any atom is -0.332 e. The van der Waals surface area contributed by atoms with Gasteiger partial charge in [-0.05, 0) is 67.7 Å². The zero-order chi connectivity index (χ0) is 19.3. The van der Waals surface area contributed by atoms with Crippen molar-refractivity contribution in [2.45, 2.75) is 62.3 Å². The van der Waals surface area contributed by atoms with Crippen LogP contribution in [0.1, 0.15) is 51.9 Å². The largest absolute Gasteiger partial charge is 0.332 e. The van der Waals surface area contributed by atoms with E-state index < -0.39 is 15.9 Å². The Morgan fingerprint density at radius 1 is 1.11 bits per heavy atom. The normalized spacial score (nSPS) is 31.4. The lowest BCUT2D eigenvalue weighted by Gasteiger charge is -2.65. The fraction of sp³-hybridized carbons (Fsp3) is 0.579. The quantitative estimate of drug-likeness (QED) is 0.734. The van der Waals surface area contributed by atoms with Crippen molar-refractivity contribution in [2.24, 2.45) is 11.3 Å². The van der Waals surface area contributed by atoms with Crippen molar-refractivity contribution in [3.8, 4) is 0 Å². The molecule has 5 rings (SSSR count). The smallest absolute Gasteiger partial charge is 0.319 e. The summed E-state index contributed by atoms with van der Waals surface area (Å²) >= 11 is 0. The molecule has 3 amide bonds. The maximum atomic E-state index is 12.5. The van der Waals surface area contributed by atoms with E-state index in [-0.39, 0.29) is 16.5 Å². The standard InChI is InChI=1S/C19H25N3O4S/c1-13(23)22-27(25,26)16-6-4-15(5-7-16)20-17(24)21-19-10-14-3-2-8-18(9-14,11-19)12-19/h4-7,14H,2-3,8-12H2,1H3,(H,22,23)(H2,20,21,24). The molecule has 0 aromatic heterocycles. The van der Waals surface area contributed by atoms with E-state index >= 15 is 0 Å². The molecule has 0 radical (unpaired) electrons. The predicted octanol–water partition coefficient (Wildman–Crippen LogP) is 2.75. The number of rotatable bonds is 4. The second kappa shape index (κ2) is 6.22. The number of hydrogen-bond acceptors (Lipinski definition) is 4. The fourth-order valence-electron chi connectivity index (χ4n) is 5.67. The van der Waals surface area contributed by atoms with Crippen LogP contribution < -0.4 is 15.4 Å². The van der Waals surface area contributed by atoms with Crippen molar-refractivity contribution in [1.82, 2.24) is 10.0 Å². The molecule has 1 spiro atoms. The molecule has 3 bridgehead atoms. The second-order valence-electron chi connectivity index (χ2n) is 8.57. The molecule has 4 aliphatic carbocycles. The fourth-order valence-corrected chi connectivity index (χ4v) is 6.66. The van der Waals surface area contributed by atoms with Gasteiger partial charge in [0, 0.05) is 18.2 Å². The first kappa shape index (κ1) is 18.3. The topological polar surface area (TPSA) is 104 Å². The van der Waals surface area contributed by atoms with Crippen molar-refractivity contribution >= 4 is 27.6 Å². The zero-order valence-corrected chi connectivity index (χ0v) is 16.2. The number of hydrogen-bond donors (Lipinski definition) is 3. The summed E-state index contributed by atoms with van der Waals surface area (Å²) in [6.45, 7) is 1.14. The average Bonchev–Trinajstić information content (AvgIpc) is 2.52. The number of urea groups is 1. The molecular weight excluding hydrogens is 366 g/mol. The monoisotopic (exact) mass is 391 g/mol. The third-order valence-corrected chi connectivity index (χ3v) is 7.68. The Balaban J connectivity index is 1.37. The molecule has 4 aliphatic rings. The minimum absolute atomic E-state index is 0.0247. The molecule has 1 aromatic rings. The van der Waals surface area contributed by atoms with Crippen LogP contribution in [0, 0.1) is 11.3 Å². The maximum Gasteiger partial charge on any atom is 0.319 e. The number of anilines is 1. The van der Waals surface area contributed by atoms with Crippen LogP contribution in [-0.4, -0.2) is 25.9 Å². The highest BCUT2D eigenvalue weighted by molar-refractivity contribution is 7.90. The van der Waals surface area contributed by atoms with E-state index in [0.29, 0.717) is 11.1 Å². The van der Waals surface area contributed by atoms with Gasteiger partial charge in [0.1, 0.15) is 0 Å². The van der Waals surface area contributed by atoms with Crippen molar-refractivity contribution in [3.05, 3.63) is 24.3 Å². The highest BCUT2D eigenvalue weighted by Gasteiger charge is 2.61. The molecular formula is C19H25N3O4S. The molecule has 1 aromatic carbocycles. The van der Waals surface area contributed by atoms with Gasteiger partial charge in [0.2, 0.25) is 5.91 Å². The summed E-state index contributed by atoms with van der Waals surface area (Å²) in [7, 11) is -3.87. The molecule has 0 saturated heterocycles. The second-order valence-corrected chi connectivity index (χ2v) is 10.2. The van der Waals surface area contributed by atoms with Crippen LogP contribution in [0.3, 0.4) is 0 Å². The van der Waals surface area contributed by atoms with Gasteiger partial charge in [0.05, 0.1) is 4.90 Å². The summed E-state index contributed by atoms with van der Waals surface area (Å²) in [4.78, 5) is 23.4. The number of carbonyl (C=O) groups excluding carboxylic acids is 2. The Kier molecular flexibility index (Phi) is 4.21. The van der Waals surface area contributed by atoms with E-state index in [1.165, 1.54) is 49.9 Å². The zero-order valence-electron chi connectivity index (χ0n) is 15.4. The molecule has 27 heavy (non-hydrogen) atoms. The summed E-state index contributed by atoms with van der Waals surface area (Å²) in [5, 5.41) is 5.97. The van der Waals surface area contributed by atoms with E-state index in [4.69, 9.17) is 0 Å². The summed E-state index contributed by atoms with van der Waals surface area (Å²) < 4.78 is 25.8. The van der Waals surface area contributed by atoms with E-state index in [9.17, 15) is 18.0 Å². The van der Waals surface area contributed by atoms with Crippen molar-refractivity contribution < 1.29 is 18.0 Å². The lowest BCUT2D eigenvalue weighted by atomic mass is 9.43. The number of nitrogens with one attached hydrogen (secondary N) is 3. The molecule has 3 N–H and O–H groups in total. The lowest BCUT2D eigenvalue weighted by Crippen LogP contribution is -2.67. The summed E-state index contributed by atoms with van der Waals surface area (Å²) in [6, 6.07) is 5.51. The maximum absolute atomic E-state index is 12.5. The molecule has 0 heterocycles. The number of benzene rings is 1. The van der Waals surface area contributed by atoms with E-state index in [0.717, 1.165) is 32.1 Å². The van der Waals surface area contributed by atoms with Gasteiger partial charge in [0.15, 0.2) is 0 Å². The van der Waals surface area contributed by atoms with Crippen LogP contribution in [0.25, 0.3) is 0 Å². The van der Waals surface area contributed by atoms with Crippen molar-refractivity contribution in [3.63, 3.8) is 0 Å². The van der Waals surface area contributed by atoms with Crippen LogP contribution in [0.5, 0.6) is 0 Å². The Labute approximate surface area is 159 Å². The Hall–Kier alpha value is -2.09. The van der Waals surface area contributed by atoms with Gasteiger partial charge in [-0.2, -0.15) is 0 Å². The minimum atomic E-state index is -3.87. The van der Waals surface area contributed by atoms with Gasteiger partial charge in [-0.3, -0.25) is 4.79 Å². The van der Waals surface area contributed by atoms with Crippen LogP contribution in [-0.2, 0) is 14.8 Å². The molecule has 8 heteroatoms. The number of carbonyl (C=O) groups is 2. The number of sulfonamides is 1. The Morgan fingerprint density at radius 3 is 2.44 bits per heavy atom. The van der Waals surface area contributed by atoms with E-state index in [1.54, 1.807) is 0 Å². The van der Waals surface area contributed by atoms with E-state index in [1.807, 2.05) is 4.72 Å². The molecule has 4 fully saturated rings. The molecule has 1 unspecified atom stereocenters. The van der Waals surface area contributed by atoms with Gasteiger partial charge in [-0.15, -0.1) is 0 Å². The highest BCUT2D eigenvalue weighted by Crippen LogP contribution is 2.65. The van der Waals surface area contributed by atoms with E-state index in [2.05, 4.69) is 10.6 Å². The Morgan fingerprint density at radius 2 is 1.81 bits per heavy atom. The van der Waals surface area contributed by atoms with Crippen LogP contribution in [0.4, 0.5) is 10.5 Å². The lowest BCUT2D eigenvalue weighted by molar-refractivity contribution is -0.117. The summed E-state index contributed by atoms with van der Waals surface area (Å²) in [5.74, 6) is 0.0890. The first-order chi connectivity index (χ1) is 12.7. The Bertz CT molecular complexity index is 867.